The van der Waals surface area contributed by atoms with E-state index in [9.17, 15) is 13.2 Å². The Morgan fingerprint density at radius 3 is 2.37 bits per heavy atom. The van der Waals surface area contributed by atoms with Gasteiger partial charge in [-0.1, -0.05) is 6.07 Å². The van der Waals surface area contributed by atoms with Crippen molar-refractivity contribution in [2.45, 2.75) is 6.18 Å². The van der Waals surface area contributed by atoms with Crippen LogP contribution < -0.4 is 5.32 Å². The molecule has 0 aliphatic heterocycles. The maximum Gasteiger partial charge on any atom is 0.490 e. The third kappa shape index (κ3) is 5.82. The van der Waals surface area contributed by atoms with Crippen molar-refractivity contribution in [1.82, 2.24) is 9.97 Å². The fraction of sp³-hybridized carbons (Fsp3) is 0.100. The van der Waals surface area contributed by atoms with Gasteiger partial charge in [0, 0.05) is 17.8 Å². The average molecular weight is 291 g/mol. The summed E-state index contributed by atoms with van der Waals surface area (Å²) < 4.78 is 31.7. The highest BCUT2D eigenvalue weighted by Crippen LogP contribution is 2.15. The molecule has 2 heterocycles. The number of carboxylic acid groups (broad SMARTS) is 1. The van der Waals surface area contributed by atoms with E-state index in [0.717, 1.165) is 10.9 Å². The van der Waals surface area contributed by atoms with Gasteiger partial charge >= 0.3 is 12.1 Å². The molecule has 102 valence electrons. The van der Waals surface area contributed by atoms with Gasteiger partial charge in [-0.05, 0) is 12.1 Å². The zero-order valence-corrected chi connectivity index (χ0v) is 10.1. The molecule has 0 saturated heterocycles. The predicted molar refractivity (Wildman–Crippen MR) is 63.3 cm³/mol. The summed E-state index contributed by atoms with van der Waals surface area (Å²) in [7, 11) is 0. The second-order valence-electron chi connectivity index (χ2n) is 2.98. The Kier molecular flexibility index (Phi) is 5.24. The molecule has 9 heteroatoms. The van der Waals surface area contributed by atoms with Gasteiger partial charge in [0.05, 0.1) is 0 Å². The summed E-state index contributed by atoms with van der Waals surface area (Å²) in [5.41, 5.74) is 0. The smallest absolute Gasteiger partial charge is 0.475 e. The summed E-state index contributed by atoms with van der Waals surface area (Å²) in [6.45, 7) is 0. The quantitative estimate of drug-likeness (QED) is 0.889. The van der Waals surface area contributed by atoms with Crippen molar-refractivity contribution < 1.29 is 23.1 Å². The first-order valence-electron chi connectivity index (χ1n) is 4.77. The number of carboxylic acids is 1. The predicted octanol–water partition coefficient (Wildman–Crippen LogP) is 2.92. The fourth-order valence-corrected chi connectivity index (χ4v) is 1.37. The first-order chi connectivity index (χ1) is 8.89. The lowest BCUT2D eigenvalue weighted by Crippen LogP contribution is -2.21. The van der Waals surface area contributed by atoms with E-state index in [1.807, 2.05) is 23.6 Å². The molecule has 0 unspecified atom stereocenters. The van der Waals surface area contributed by atoms with Crippen LogP contribution in [0.4, 0.5) is 24.1 Å². The van der Waals surface area contributed by atoms with Crippen LogP contribution in [0.3, 0.4) is 0 Å². The molecule has 0 bridgehead atoms. The summed E-state index contributed by atoms with van der Waals surface area (Å²) in [5, 5.41) is 13.0. The molecule has 0 radical (unpaired) electrons. The number of carbonyl (C=O) groups is 1. The van der Waals surface area contributed by atoms with Crippen LogP contribution in [0.25, 0.3) is 0 Å². The van der Waals surface area contributed by atoms with Crippen molar-refractivity contribution in [2.75, 3.05) is 5.32 Å². The number of pyridine rings is 1. The monoisotopic (exact) mass is 291 g/mol. The standard InChI is InChI=1S/C8H7N3S.C2HF3O2/c1-2-4-9-7(3-1)11-8-10-5-6-12-8;3-2(4,5)1(6)7/h1-6H,(H,9,10,11);(H,6,7). The highest BCUT2D eigenvalue weighted by molar-refractivity contribution is 7.13. The van der Waals surface area contributed by atoms with Crippen LogP contribution in [0.2, 0.25) is 0 Å². The van der Waals surface area contributed by atoms with E-state index in [1.165, 1.54) is 0 Å². The number of alkyl halides is 3. The minimum absolute atomic E-state index is 0.826. The third-order valence-corrected chi connectivity index (χ3v) is 2.26. The Morgan fingerprint density at radius 2 is 1.95 bits per heavy atom. The molecule has 0 spiro atoms. The number of thiazole rings is 1. The Hall–Kier alpha value is -2.16. The van der Waals surface area contributed by atoms with Gasteiger partial charge in [0.2, 0.25) is 0 Å². The molecule has 0 atom stereocenters. The molecule has 5 nitrogen and oxygen atoms in total. The van der Waals surface area contributed by atoms with E-state index in [0.29, 0.717) is 0 Å². The second kappa shape index (κ2) is 6.69. The molecule has 0 amide bonds. The van der Waals surface area contributed by atoms with Crippen LogP contribution >= 0.6 is 11.3 Å². The van der Waals surface area contributed by atoms with Gasteiger partial charge in [0.25, 0.3) is 0 Å². The highest BCUT2D eigenvalue weighted by Gasteiger charge is 2.38. The van der Waals surface area contributed by atoms with E-state index in [1.54, 1.807) is 23.7 Å². The molecular weight excluding hydrogens is 283 g/mol. The summed E-state index contributed by atoms with van der Waals surface area (Å²) in [6.07, 6.45) is -1.58. The number of aliphatic carboxylic acids is 1. The number of anilines is 2. The van der Waals surface area contributed by atoms with Crippen molar-refractivity contribution >= 4 is 28.3 Å². The van der Waals surface area contributed by atoms with Crippen molar-refractivity contribution in [3.8, 4) is 0 Å². The largest absolute Gasteiger partial charge is 0.490 e. The minimum Gasteiger partial charge on any atom is -0.475 e. The van der Waals surface area contributed by atoms with E-state index in [4.69, 9.17) is 9.90 Å². The van der Waals surface area contributed by atoms with E-state index < -0.39 is 12.1 Å². The summed E-state index contributed by atoms with van der Waals surface area (Å²) in [4.78, 5) is 17.1. The Bertz CT molecular complexity index is 502. The summed E-state index contributed by atoms with van der Waals surface area (Å²) in [5.74, 6) is -1.93. The van der Waals surface area contributed by atoms with Crippen molar-refractivity contribution in [3.63, 3.8) is 0 Å². The number of rotatable bonds is 2. The van der Waals surface area contributed by atoms with Crippen LogP contribution in [0.5, 0.6) is 0 Å². The van der Waals surface area contributed by atoms with E-state index in [2.05, 4.69) is 15.3 Å². The Balaban J connectivity index is 0.000000224. The van der Waals surface area contributed by atoms with Gasteiger partial charge in [-0.25, -0.2) is 14.8 Å². The first-order valence-corrected chi connectivity index (χ1v) is 5.65. The number of hydrogen-bond donors (Lipinski definition) is 2. The van der Waals surface area contributed by atoms with Crippen molar-refractivity contribution in [1.29, 1.82) is 0 Å². The molecule has 2 aromatic rings. The molecule has 0 aliphatic carbocycles. The lowest BCUT2D eigenvalue weighted by molar-refractivity contribution is -0.192. The Labute approximate surface area is 109 Å². The average Bonchev–Trinajstić information content (AvgIpc) is 2.83. The maximum absolute atomic E-state index is 10.6. The van der Waals surface area contributed by atoms with E-state index >= 15 is 0 Å². The second-order valence-corrected chi connectivity index (χ2v) is 3.87. The highest BCUT2D eigenvalue weighted by atomic mass is 32.1. The van der Waals surface area contributed by atoms with Crippen molar-refractivity contribution in [3.05, 3.63) is 36.0 Å². The lowest BCUT2D eigenvalue weighted by Gasteiger charge is -1.98. The number of aromatic nitrogens is 2. The molecule has 0 aromatic carbocycles. The Morgan fingerprint density at radius 1 is 1.26 bits per heavy atom. The molecule has 19 heavy (non-hydrogen) atoms. The van der Waals surface area contributed by atoms with Gasteiger partial charge in [-0.15, -0.1) is 11.3 Å². The molecule has 0 aliphatic rings. The first kappa shape index (κ1) is 14.9. The fourth-order valence-electron chi connectivity index (χ4n) is 0.831. The minimum atomic E-state index is -5.08. The van der Waals surface area contributed by atoms with Crippen LogP contribution in [0.15, 0.2) is 36.0 Å². The van der Waals surface area contributed by atoms with Crippen LogP contribution in [0.1, 0.15) is 0 Å². The molecule has 2 aromatic heterocycles. The normalized spacial score (nSPS) is 10.3. The molecule has 0 saturated carbocycles. The lowest BCUT2D eigenvalue weighted by atomic mass is 10.5. The number of nitrogens with zero attached hydrogens (tertiary/aromatic N) is 2. The van der Waals surface area contributed by atoms with Gasteiger partial charge in [-0.3, -0.25) is 0 Å². The van der Waals surface area contributed by atoms with Crippen LogP contribution in [-0.4, -0.2) is 27.2 Å². The van der Waals surface area contributed by atoms with Gasteiger partial charge in [-0.2, -0.15) is 13.2 Å². The number of hydrogen-bond acceptors (Lipinski definition) is 5. The zero-order chi connectivity index (χ0) is 14.3. The summed E-state index contributed by atoms with van der Waals surface area (Å²) in [6, 6.07) is 5.72. The van der Waals surface area contributed by atoms with Crippen LogP contribution in [-0.2, 0) is 4.79 Å². The van der Waals surface area contributed by atoms with Gasteiger partial charge < -0.3 is 10.4 Å². The molecule has 0 fully saturated rings. The van der Waals surface area contributed by atoms with E-state index in [-0.39, 0.29) is 0 Å². The number of halogens is 3. The molecule has 2 N–H and O–H groups in total. The van der Waals surface area contributed by atoms with Gasteiger partial charge in [0.1, 0.15) is 5.82 Å². The summed E-state index contributed by atoms with van der Waals surface area (Å²) >= 11 is 1.56. The number of nitrogens with one attached hydrogen (secondary N) is 1. The topological polar surface area (TPSA) is 75.1 Å². The van der Waals surface area contributed by atoms with Gasteiger partial charge in [0.15, 0.2) is 5.13 Å². The SMILES string of the molecule is O=C(O)C(F)(F)F.c1ccc(Nc2nccs2)nc1. The van der Waals surface area contributed by atoms with Crippen molar-refractivity contribution in [2.24, 2.45) is 0 Å². The van der Waals surface area contributed by atoms with Crippen LogP contribution in [0, 0.1) is 0 Å². The maximum atomic E-state index is 10.6. The third-order valence-electron chi connectivity index (χ3n) is 1.57. The molecule has 2 rings (SSSR count). The zero-order valence-electron chi connectivity index (χ0n) is 9.26. The molecular formula is C10H8F3N3O2S.